The van der Waals surface area contributed by atoms with Crippen molar-refractivity contribution in [1.29, 1.82) is 0 Å². The standard InChI is InChI=1S/C25H36O6/c1-6-7-8-9-10-11-12-13-17-28-22-21-19(30-24(27)23(22)29-18(2)26)15-14-16-20(21)31-25(3,4)5/h14-16H,6-13,17H2,1-5H3. The molecule has 0 aliphatic carbocycles. The minimum atomic E-state index is -0.749. The van der Waals surface area contributed by atoms with E-state index in [1.807, 2.05) is 20.8 Å². The Labute approximate surface area is 184 Å². The molecule has 31 heavy (non-hydrogen) atoms. The summed E-state index contributed by atoms with van der Waals surface area (Å²) in [6, 6.07) is 5.21. The molecule has 0 aliphatic rings. The molecule has 6 heteroatoms. The van der Waals surface area contributed by atoms with Gasteiger partial charge in [-0.1, -0.05) is 57.9 Å². The van der Waals surface area contributed by atoms with Gasteiger partial charge in [-0.2, -0.15) is 0 Å². The van der Waals surface area contributed by atoms with Crippen molar-refractivity contribution in [2.24, 2.45) is 0 Å². The van der Waals surface area contributed by atoms with Crippen LogP contribution >= 0.6 is 0 Å². The maximum absolute atomic E-state index is 12.5. The topological polar surface area (TPSA) is 75.0 Å². The van der Waals surface area contributed by atoms with Crippen LogP contribution in [-0.4, -0.2) is 18.2 Å². The molecular weight excluding hydrogens is 396 g/mol. The van der Waals surface area contributed by atoms with Crippen LogP contribution in [0.5, 0.6) is 17.2 Å². The molecule has 0 saturated carbocycles. The third kappa shape index (κ3) is 7.93. The first-order chi connectivity index (χ1) is 14.7. The number of fused-ring (bicyclic) bond motifs is 1. The fraction of sp³-hybridized carbons (Fsp3) is 0.600. The third-order valence-electron chi connectivity index (χ3n) is 4.72. The van der Waals surface area contributed by atoms with Crippen molar-refractivity contribution < 1.29 is 23.4 Å². The molecule has 0 bridgehead atoms. The van der Waals surface area contributed by atoms with Crippen LogP contribution in [0.1, 0.15) is 86.0 Å². The number of hydrogen-bond acceptors (Lipinski definition) is 6. The molecule has 0 unspecified atom stereocenters. The Morgan fingerprint density at radius 3 is 2.23 bits per heavy atom. The van der Waals surface area contributed by atoms with Crippen molar-refractivity contribution in [3.63, 3.8) is 0 Å². The van der Waals surface area contributed by atoms with Crippen LogP contribution < -0.4 is 19.8 Å². The number of ether oxygens (including phenoxy) is 3. The Bertz CT molecular complexity index is 907. The minimum Gasteiger partial charge on any atom is -0.489 e. The molecule has 0 saturated heterocycles. The molecule has 2 aromatic rings. The van der Waals surface area contributed by atoms with Gasteiger partial charge in [0.25, 0.3) is 5.75 Å². The van der Waals surface area contributed by atoms with Crippen LogP contribution in [0, 0.1) is 0 Å². The molecule has 1 heterocycles. The smallest absolute Gasteiger partial charge is 0.383 e. The van der Waals surface area contributed by atoms with Gasteiger partial charge in [0, 0.05) is 6.92 Å². The Morgan fingerprint density at radius 1 is 0.968 bits per heavy atom. The van der Waals surface area contributed by atoms with Gasteiger partial charge in [0.2, 0.25) is 0 Å². The van der Waals surface area contributed by atoms with Crippen LogP contribution in [0.15, 0.2) is 27.4 Å². The van der Waals surface area contributed by atoms with Gasteiger partial charge >= 0.3 is 11.6 Å². The van der Waals surface area contributed by atoms with Gasteiger partial charge in [0.05, 0.1) is 6.61 Å². The first-order valence-corrected chi connectivity index (χ1v) is 11.3. The van der Waals surface area contributed by atoms with E-state index in [1.165, 1.54) is 39.0 Å². The lowest BCUT2D eigenvalue weighted by atomic mass is 10.1. The van der Waals surface area contributed by atoms with E-state index in [1.54, 1.807) is 18.2 Å². The summed E-state index contributed by atoms with van der Waals surface area (Å²) >= 11 is 0. The first kappa shape index (κ1) is 24.8. The third-order valence-corrected chi connectivity index (χ3v) is 4.72. The van der Waals surface area contributed by atoms with Gasteiger partial charge in [-0.15, -0.1) is 0 Å². The summed E-state index contributed by atoms with van der Waals surface area (Å²) in [4.78, 5) is 24.1. The Kier molecular flexibility index (Phi) is 9.41. The largest absolute Gasteiger partial charge is 0.489 e. The van der Waals surface area contributed by atoms with Gasteiger partial charge < -0.3 is 18.6 Å². The maximum atomic E-state index is 12.5. The molecule has 0 atom stereocenters. The van der Waals surface area contributed by atoms with Crippen LogP contribution in [-0.2, 0) is 4.79 Å². The molecule has 1 aromatic heterocycles. The molecule has 2 rings (SSSR count). The normalized spacial score (nSPS) is 11.5. The number of carbonyl (C=O) groups is 1. The van der Waals surface area contributed by atoms with E-state index in [0.29, 0.717) is 23.3 Å². The zero-order chi connectivity index (χ0) is 22.9. The van der Waals surface area contributed by atoms with Crippen LogP contribution in [0.25, 0.3) is 11.0 Å². The van der Waals surface area contributed by atoms with Crippen molar-refractivity contribution in [2.75, 3.05) is 6.61 Å². The van der Waals surface area contributed by atoms with Crippen molar-refractivity contribution in [1.82, 2.24) is 0 Å². The lowest BCUT2D eigenvalue weighted by Gasteiger charge is -2.23. The summed E-state index contributed by atoms with van der Waals surface area (Å²) < 4.78 is 22.6. The maximum Gasteiger partial charge on any atom is 0.383 e. The monoisotopic (exact) mass is 432 g/mol. The second-order valence-electron chi connectivity index (χ2n) is 8.81. The average molecular weight is 433 g/mol. The van der Waals surface area contributed by atoms with E-state index in [-0.39, 0.29) is 11.5 Å². The lowest BCUT2D eigenvalue weighted by molar-refractivity contribution is -0.132. The highest BCUT2D eigenvalue weighted by atomic mass is 16.6. The quantitative estimate of drug-likeness (QED) is 0.219. The van der Waals surface area contributed by atoms with Gasteiger partial charge in [-0.05, 0) is 39.3 Å². The molecule has 0 aliphatic heterocycles. The minimum absolute atomic E-state index is 0.198. The van der Waals surface area contributed by atoms with E-state index >= 15 is 0 Å². The van der Waals surface area contributed by atoms with Crippen molar-refractivity contribution in [3.8, 4) is 17.2 Å². The fourth-order valence-corrected chi connectivity index (χ4v) is 3.37. The van der Waals surface area contributed by atoms with Crippen molar-refractivity contribution >= 4 is 16.9 Å². The highest BCUT2D eigenvalue weighted by Crippen LogP contribution is 2.40. The van der Waals surface area contributed by atoms with E-state index in [4.69, 9.17) is 18.6 Å². The molecule has 0 fully saturated rings. The van der Waals surface area contributed by atoms with E-state index in [0.717, 1.165) is 19.3 Å². The van der Waals surface area contributed by atoms with Crippen LogP contribution in [0.2, 0.25) is 0 Å². The predicted molar refractivity (Wildman–Crippen MR) is 122 cm³/mol. The molecule has 172 valence electrons. The molecule has 0 radical (unpaired) electrons. The zero-order valence-electron chi connectivity index (χ0n) is 19.5. The van der Waals surface area contributed by atoms with Gasteiger partial charge in [0.1, 0.15) is 22.3 Å². The average Bonchev–Trinajstić information content (AvgIpc) is 2.67. The number of benzene rings is 1. The van der Waals surface area contributed by atoms with E-state index < -0.39 is 17.2 Å². The second kappa shape index (κ2) is 11.8. The number of rotatable bonds is 12. The van der Waals surface area contributed by atoms with Crippen molar-refractivity contribution in [3.05, 3.63) is 28.6 Å². The summed E-state index contributed by atoms with van der Waals surface area (Å²) in [6.45, 7) is 9.65. The van der Waals surface area contributed by atoms with E-state index in [9.17, 15) is 9.59 Å². The molecular formula is C25H36O6. The Morgan fingerprint density at radius 2 is 1.61 bits per heavy atom. The Hall–Kier alpha value is -2.50. The lowest BCUT2D eigenvalue weighted by Crippen LogP contribution is -2.23. The highest BCUT2D eigenvalue weighted by Gasteiger charge is 2.24. The summed E-state index contributed by atoms with van der Waals surface area (Å²) in [6.07, 6.45) is 9.37. The van der Waals surface area contributed by atoms with E-state index in [2.05, 4.69) is 6.92 Å². The fourth-order valence-electron chi connectivity index (χ4n) is 3.37. The van der Waals surface area contributed by atoms with Crippen molar-refractivity contribution in [2.45, 2.75) is 91.6 Å². The molecule has 0 N–H and O–H groups in total. The Balaban J connectivity index is 2.22. The number of unbranched alkanes of at least 4 members (excludes halogenated alkanes) is 7. The predicted octanol–water partition coefficient (Wildman–Crippen LogP) is 6.42. The highest BCUT2D eigenvalue weighted by molar-refractivity contribution is 5.92. The summed E-state index contributed by atoms with van der Waals surface area (Å²) in [5.74, 6) is -0.139. The first-order valence-electron chi connectivity index (χ1n) is 11.3. The summed E-state index contributed by atoms with van der Waals surface area (Å²) in [7, 11) is 0. The number of hydrogen-bond donors (Lipinski definition) is 0. The summed E-state index contributed by atoms with van der Waals surface area (Å²) in [5.41, 5.74) is -0.892. The van der Waals surface area contributed by atoms with Gasteiger partial charge in [0.15, 0.2) is 5.75 Å². The van der Waals surface area contributed by atoms with Gasteiger partial charge in [-0.3, -0.25) is 4.79 Å². The van der Waals surface area contributed by atoms with Gasteiger partial charge in [-0.25, -0.2) is 4.79 Å². The molecule has 1 aromatic carbocycles. The molecule has 0 spiro atoms. The van der Waals surface area contributed by atoms with Crippen LogP contribution in [0.4, 0.5) is 0 Å². The second-order valence-corrected chi connectivity index (χ2v) is 8.81. The SMILES string of the molecule is CCCCCCCCCCOc1c(OC(C)=O)c(=O)oc2cccc(OC(C)(C)C)c12. The summed E-state index contributed by atoms with van der Waals surface area (Å²) in [5, 5.41) is 0.493. The molecule has 6 nitrogen and oxygen atoms in total. The molecule has 0 amide bonds. The number of esters is 1. The number of carbonyl (C=O) groups excluding carboxylic acids is 1. The van der Waals surface area contributed by atoms with Crippen LogP contribution in [0.3, 0.4) is 0 Å². The zero-order valence-corrected chi connectivity index (χ0v) is 19.5.